The van der Waals surface area contributed by atoms with Crippen LogP contribution in [0.15, 0.2) is 0 Å². The van der Waals surface area contributed by atoms with Gasteiger partial charge in [-0.05, 0) is 19.3 Å². The van der Waals surface area contributed by atoms with Crippen LogP contribution in [0.1, 0.15) is 32.1 Å². The van der Waals surface area contributed by atoms with Gasteiger partial charge in [0.05, 0.1) is 11.1 Å². The molecule has 70 valence electrons. The first kappa shape index (κ1) is 8.38. The molecule has 2 rings (SSSR count). The van der Waals surface area contributed by atoms with Gasteiger partial charge in [0.1, 0.15) is 0 Å². The summed E-state index contributed by atoms with van der Waals surface area (Å²) < 4.78 is 25.1. The highest BCUT2D eigenvalue weighted by Crippen LogP contribution is 2.55. The second kappa shape index (κ2) is 1.99. The van der Waals surface area contributed by atoms with Gasteiger partial charge >= 0.3 is 0 Å². The van der Waals surface area contributed by atoms with Gasteiger partial charge in [-0.2, -0.15) is 0 Å². The minimum atomic E-state index is -2.64. The Labute approximate surface area is 69.7 Å². The van der Waals surface area contributed by atoms with Crippen molar-refractivity contribution in [1.29, 1.82) is 0 Å². The third-order valence-electron chi connectivity index (χ3n) is 3.26. The average Bonchev–Trinajstić information content (AvgIpc) is 1.77. The topological polar surface area (TPSA) is 46.2 Å². The van der Waals surface area contributed by atoms with Crippen LogP contribution < -0.4 is 5.73 Å². The Kier molecular flexibility index (Phi) is 1.39. The molecular formula is C8H13F2NO. The second-order valence-corrected chi connectivity index (χ2v) is 4.25. The van der Waals surface area contributed by atoms with E-state index in [4.69, 9.17) is 5.73 Å². The molecule has 0 spiro atoms. The van der Waals surface area contributed by atoms with Crippen molar-refractivity contribution in [3.63, 3.8) is 0 Å². The van der Waals surface area contributed by atoms with Crippen molar-refractivity contribution in [3.05, 3.63) is 0 Å². The van der Waals surface area contributed by atoms with Crippen molar-refractivity contribution in [2.45, 2.75) is 49.2 Å². The van der Waals surface area contributed by atoms with Crippen molar-refractivity contribution in [2.75, 3.05) is 0 Å². The van der Waals surface area contributed by atoms with Gasteiger partial charge in [0.15, 0.2) is 0 Å². The quantitative estimate of drug-likeness (QED) is 0.628. The third kappa shape index (κ3) is 0.910. The van der Waals surface area contributed by atoms with Crippen LogP contribution in [-0.4, -0.2) is 22.2 Å². The lowest BCUT2D eigenvalue weighted by molar-refractivity contribution is -0.213. The van der Waals surface area contributed by atoms with E-state index in [-0.39, 0.29) is 12.8 Å². The molecule has 0 bridgehead atoms. The first-order chi connectivity index (χ1) is 5.37. The minimum absolute atomic E-state index is 0.351. The van der Waals surface area contributed by atoms with E-state index in [0.29, 0.717) is 12.8 Å². The highest BCUT2D eigenvalue weighted by Gasteiger charge is 2.65. The van der Waals surface area contributed by atoms with Crippen LogP contribution in [0, 0.1) is 0 Å². The predicted octanol–water partition coefficient (Wildman–Crippen LogP) is 1.03. The molecule has 0 aromatic rings. The Balaban J connectivity index is 2.06. The average molecular weight is 177 g/mol. The molecule has 0 heterocycles. The molecule has 2 aliphatic rings. The largest absolute Gasteiger partial charge is 0.388 e. The van der Waals surface area contributed by atoms with Gasteiger partial charge in [-0.15, -0.1) is 0 Å². The first-order valence-electron chi connectivity index (χ1n) is 4.26. The van der Waals surface area contributed by atoms with E-state index in [1.54, 1.807) is 0 Å². The lowest BCUT2D eigenvalue weighted by Crippen LogP contribution is -2.73. The molecule has 12 heavy (non-hydrogen) atoms. The van der Waals surface area contributed by atoms with Gasteiger partial charge < -0.3 is 10.8 Å². The maximum absolute atomic E-state index is 12.5. The van der Waals surface area contributed by atoms with Crippen molar-refractivity contribution < 1.29 is 13.9 Å². The number of hydrogen-bond acceptors (Lipinski definition) is 2. The summed E-state index contributed by atoms with van der Waals surface area (Å²) in [5.41, 5.74) is 3.69. The van der Waals surface area contributed by atoms with Crippen LogP contribution in [0.2, 0.25) is 0 Å². The molecular weight excluding hydrogens is 164 g/mol. The van der Waals surface area contributed by atoms with Gasteiger partial charge in [-0.3, -0.25) is 0 Å². The van der Waals surface area contributed by atoms with Gasteiger partial charge in [0.25, 0.3) is 5.92 Å². The zero-order valence-electron chi connectivity index (χ0n) is 6.82. The predicted molar refractivity (Wildman–Crippen MR) is 39.9 cm³/mol. The first-order valence-corrected chi connectivity index (χ1v) is 4.26. The zero-order valence-corrected chi connectivity index (χ0v) is 6.82. The molecule has 2 saturated carbocycles. The zero-order chi connectivity index (χ0) is 9.04. The molecule has 2 fully saturated rings. The van der Waals surface area contributed by atoms with Crippen molar-refractivity contribution in [1.82, 2.24) is 0 Å². The molecule has 3 N–H and O–H groups in total. The maximum Gasteiger partial charge on any atom is 0.251 e. The maximum atomic E-state index is 12.5. The number of nitrogens with two attached hydrogens (primary N) is 1. The highest BCUT2D eigenvalue weighted by molar-refractivity contribution is 5.17. The van der Waals surface area contributed by atoms with E-state index in [9.17, 15) is 13.9 Å². The van der Waals surface area contributed by atoms with Crippen LogP contribution in [-0.2, 0) is 0 Å². The molecule has 0 aliphatic heterocycles. The van der Waals surface area contributed by atoms with Crippen LogP contribution in [0.5, 0.6) is 0 Å². The van der Waals surface area contributed by atoms with E-state index in [1.807, 2.05) is 0 Å². The molecule has 0 aromatic heterocycles. The molecule has 0 aromatic carbocycles. The molecule has 4 heteroatoms. The van der Waals surface area contributed by atoms with Crippen molar-refractivity contribution in [3.8, 4) is 0 Å². The van der Waals surface area contributed by atoms with E-state index in [2.05, 4.69) is 0 Å². The molecule has 0 saturated heterocycles. The standard InChI is InChI=1S/C8H13F2NO/c9-8(10)4-6(11,5-8)7(12)2-1-3-7/h12H,1-5,11H2. The van der Waals surface area contributed by atoms with Crippen LogP contribution in [0.25, 0.3) is 0 Å². The molecule has 0 unspecified atom stereocenters. The smallest absolute Gasteiger partial charge is 0.251 e. The van der Waals surface area contributed by atoms with E-state index in [1.165, 1.54) is 0 Å². The molecule has 0 radical (unpaired) electrons. The van der Waals surface area contributed by atoms with Gasteiger partial charge in [0, 0.05) is 12.8 Å². The summed E-state index contributed by atoms with van der Waals surface area (Å²) in [6.07, 6.45) is 1.37. The van der Waals surface area contributed by atoms with Gasteiger partial charge in [-0.1, -0.05) is 0 Å². The van der Waals surface area contributed by atoms with E-state index >= 15 is 0 Å². The number of alkyl halides is 2. The lowest BCUT2D eigenvalue weighted by Gasteiger charge is -2.57. The van der Waals surface area contributed by atoms with Crippen LogP contribution in [0.4, 0.5) is 8.78 Å². The van der Waals surface area contributed by atoms with Crippen molar-refractivity contribution in [2.24, 2.45) is 5.73 Å². The van der Waals surface area contributed by atoms with Gasteiger partial charge in [-0.25, -0.2) is 8.78 Å². The Morgan fingerprint density at radius 1 is 1.17 bits per heavy atom. The van der Waals surface area contributed by atoms with Crippen LogP contribution >= 0.6 is 0 Å². The summed E-state index contributed by atoms with van der Waals surface area (Å²) in [6, 6.07) is 0. The Morgan fingerprint density at radius 3 is 1.92 bits per heavy atom. The fourth-order valence-electron chi connectivity index (χ4n) is 2.21. The Hall–Kier alpha value is -0.220. The summed E-state index contributed by atoms with van der Waals surface area (Å²) in [6.45, 7) is 0. The molecule has 2 nitrogen and oxygen atoms in total. The van der Waals surface area contributed by atoms with Crippen molar-refractivity contribution >= 4 is 0 Å². The third-order valence-corrected chi connectivity index (χ3v) is 3.26. The molecule has 2 aliphatic carbocycles. The Morgan fingerprint density at radius 2 is 1.67 bits per heavy atom. The second-order valence-electron chi connectivity index (χ2n) is 4.25. The molecule has 0 atom stereocenters. The summed E-state index contributed by atoms with van der Waals surface area (Å²) >= 11 is 0. The normalized spacial score (nSPS) is 35.0. The summed E-state index contributed by atoms with van der Waals surface area (Å²) in [5, 5.41) is 9.76. The highest BCUT2D eigenvalue weighted by atomic mass is 19.3. The Bertz CT molecular complexity index is 205. The van der Waals surface area contributed by atoms with Crippen LogP contribution in [0.3, 0.4) is 0 Å². The number of hydrogen-bond donors (Lipinski definition) is 2. The lowest BCUT2D eigenvalue weighted by atomic mass is 9.56. The number of rotatable bonds is 1. The van der Waals surface area contributed by atoms with Gasteiger partial charge in [0.2, 0.25) is 0 Å². The molecule has 0 amide bonds. The fourth-order valence-corrected chi connectivity index (χ4v) is 2.21. The monoisotopic (exact) mass is 177 g/mol. The summed E-state index contributed by atoms with van der Waals surface area (Å²) in [4.78, 5) is 0. The minimum Gasteiger partial charge on any atom is -0.388 e. The number of aliphatic hydroxyl groups is 1. The SMILES string of the molecule is NC1(C2(O)CCC2)CC(F)(F)C1. The summed E-state index contributed by atoms with van der Waals surface area (Å²) in [5.74, 6) is -2.64. The number of halogens is 2. The fraction of sp³-hybridized carbons (Fsp3) is 1.00. The van der Waals surface area contributed by atoms with E-state index < -0.39 is 17.1 Å². The summed E-state index contributed by atoms with van der Waals surface area (Å²) in [7, 11) is 0. The van der Waals surface area contributed by atoms with E-state index in [0.717, 1.165) is 6.42 Å².